The standard InChI is InChI=1S/C55H41NO/c1-36-23-24-37(25-26-40-27-28-41-31-32-50(56-54(41)51(36)40)38-13-5-2-6-14-38)43-29-30-45-34-47-21-12-22-48(53(47)49(45)35-43)44-19-11-20-46(33-44)52(39-15-7-3-8-16-39)55(57)42-17-9-4-10-18-42/h2-22,25-33,35,52H,23-24,34H2,1H3/b37-25+,40-26-,51-36-. The third-order valence-corrected chi connectivity index (χ3v) is 11.9. The lowest BCUT2D eigenvalue weighted by molar-refractivity contribution is 0.0974. The van der Waals surface area contributed by atoms with E-state index in [4.69, 9.17) is 4.98 Å². The number of pyridine rings is 1. The minimum atomic E-state index is -0.406. The Hall–Kier alpha value is -6.90. The average Bonchev–Trinajstić information content (AvgIpc) is 3.65. The third kappa shape index (κ3) is 6.44. The molecule has 1 unspecified atom stereocenters. The molecule has 0 radical (unpaired) electrons. The number of fused-ring (bicyclic) bond motifs is 6. The number of allylic oxidation sites excluding steroid dienone is 2. The molecule has 2 aliphatic carbocycles. The fourth-order valence-corrected chi connectivity index (χ4v) is 8.99. The van der Waals surface area contributed by atoms with Crippen LogP contribution in [0, 0.1) is 0 Å². The number of ketones is 1. The molecular weight excluding hydrogens is 691 g/mol. The fourth-order valence-electron chi connectivity index (χ4n) is 8.99. The quantitative estimate of drug-likeness (QED) is 0.153. The van der Waals surface area contributed by atoms with E-state index in [1.807, 2.05) is 54.6 Å². The molecule has 10 rings (SSSR count). The van der Waals surface area contributed by atoms with Crippen molar-refractivity contribution < 1.29 is 4.79 Å². The maximum Gasteiger partial charge on any atom is 0.174 e. The van der Waals surface area contributed by atoms with E-state index in [0.29, 0.717) is 0 Å². The molecule has 1 atom stereocenters. The first-order valence-electron chi connectivity index (χ1n) is 19.9. The second-order valence-corrected chi connectivity index (χ2v) is 15.4. The molecule has 8 aromatic rings. The van der Waals surface area contributed by atoms with Crippen molar-refractivity contribution in [1.29, 1.82) is 0 Å². The zero-order valence-electron chi connectivity index (χ0n) is 32.0. The number of hydrogen-bond acceptors (Lipinski definition) is 2. The van der Waals surface area contributed by atoms with Crippen molar-refractivity contribution in [3.05, 3.63) is 226 Å². The smallest absolute Gasteiger partial charge is 0.174 e. The van der Waals surface area contributed by atoms with E-state index in [-0.39, 0.29) is 5.78 Å². The summed E-state index contributed by atoms with van der Waals surface area (Å²) in [6, 6.07) is 61.5. The van der Waals surface area contributed by atoms with Crippen LogP contribution in [0.2, 0.25) is 0 Å². The van der Waals surface area contributed by atoms with Crippen LogP contribution in [0.3, 0.4) is 0 Å². The van der Waals surface area contributed by atoms with Crippen molar-refractivity contribution in [2.75, 3.05) is 0 Å². The van der Waals surface area contributed by atoms with Gasteiger partial charge in [-0.05, 0) is 99.2 Å². The number of carbonyl (C=O) groups is 1. The lowest BCUT2D eigenvalue weighted by Crippen LogP contribution is -2.28. The van der Waals surface area contributed by atoms with Crippen LogP contribution in [0.25, 0.3) is 61.6 Å². The predicted octanol–water partition coefficient (Wildman–Crippen LogP) is 12.0. The zero-order valence-corrected chi connectivity index (χ0v) is 32.0. The monoisotopic (exact) mass is 731 g/mol. The maximum atomic E-state index is 14.2. The van der Waals surface area contributed by atoms with Crippen LogP contribution in [-0.2, 0) is 6.42 Å². The molecular formula is C55H41NO. The van der Waals surface area contributed by atoms with Crippen LogP contribution < -0.4 is 10.4 Å². The van der Waals surface area contributed by atoms with Gasteiger partial charge in [-0.15, -0.1) is 0 Å². The Bertz CT molecular complexity index is 3000. The number of nitrogens with zero attached hydrogens (tertiary/aromatic N) is 1. The van der Waals surface area contributed by atoms with Gasteiger partial charge in [-0.1, -0.05) is 182 Å². The molecule has 2 heteroatoms. The van der Waals surface area contributed by atoms with E-state index >= 15 is 0 Å². The molecule has 0 spiro atoms. The number of benzene rings is 7. The average molecular weight is 732 g/mol. The van der Waals surface area contributed by atoms with Gasteiger partial charge in [0.25, 0.3) is 0 Å². The first-order valence-corrected chi connectivity index (χ1v) is 19.9. The normalized spacial score (nSPS) is 16.2. The van der Waals surface area contributed by atoms with Crippen molar-refractivity contribution >= 4 is 33.9 Å². The highest BCUT2D eigenvalue weighted by atomic mass is 16.1. The van der Waals surface area contributed by atoms with Gasteiger partial charge in [0.2, 0.25) is 0 Å². The highest BCUT2D eigenvalue weighted by Crippen LogP contribution is 2.45. The van der Waals surface area contributed by atoms with Crippen molar-refractivity contribution in [2.24, 2.45) is 0 Å². The summed E-state index contributed by atoms with van der Waals surface area (Å²) in [5.41, 5.74) is 17.5. The lowest BCUT2D eigenvalue weighted by Gasteiger charge is -2.19. The van der Waals surface area contributed by atoms with Crippen LogP contribution in [0.4, 0.5) is 0 Å². The van der Waals surface area contributed by atoms with Crippen LogP contribution in [-0.4, -0.2) is 10.8 Å². The van der Waals surface area contributed by atoms with Gasteiger partial charge in [0.05, 0.1) is 17.1 Å². The van der Waals surface area contributed by atoms with Crippen molar-refractivity contribution in [1.82, 2.24) is 4.98 Å². The summed E-state index contributed by atoms with van der Waals surface area (Å²) in [6.07, 6.45) is 7.44. The largest absolute Gasteiger partial charge is 0.293 e. The van der Waals surface area contributed by atoms with E-state index in [2.05, 4.69) is 140 Å². The molecule has 0 bridgehead atoms. The van der Waals surface area contributed by atoms with Gasteiger partial charge in [-0.25, -0.2) is 4.98 Å². The Morgan fingerprint density at radius 1 is 0.561 bits per heavy atom. The van der Waals surface area contributed by atoms with Crippen LogP contribution in [0.1, 0.15) is 63.9 Å². The first kappa shape index (κ1) is 34.6. The molecule has 0 saturated heterocycles. The van der Waals surface area contributed by atoms with Gasteiger partial charge < -0.3 is 0 Å². The molecule has 0 aliphatic heterocycles. The molecule has 57 heavy (non-hydrogen) atoms. The van der Waals surface area contributed by atoms with E-state index in [1.54, 1.807) is 0 Å². The van der Waals surface area contributed by atoms with E-state index in [0.717, 1.165) is 58.3 Å². The SMILES string of the molecule is C\C1=c2/c(ccc3ccc(-c4ccccc4)nc23)=C\C=C(\c2ccc3c(c2)-c2c(cccc2-c2cccc(C(C(=O)c4ccccc4)c4ccccc4)c2)C3)CC1. The summed E-state index contributed by atoms with van der Waals surface area (Å²) in [7, 11) is 0. The molecule has 0 saturated carbocycles. The van der Waals surface area contributed by atoms with Gasteiger partial charge in [0.1, 0.15) is 0 Å². The van der Waals surface area contributed by atoms with Gasteiger partial charge in [-0.3, -0.25) is 4.79 Å². The molecule has 2 nitrogen and oxygen atoms in total. The van der Waals surface area contributed by atoms with Crippen LogP contribution in [0.5, 0.6) is 0 Å². The fraction of sp³-hybridized carbons (Fsp3) is 0.0909. The van der Waals surface area contributed by atoms with Crippen molar-refractivity contribution in [3.8, 4) is 33.5 Å². The second-order valence-electron chi connectivity index (χ2n) is 15.4. The van der Waals surface area contributed by atoms with Crippen LogP contribution in [0.15, 0.2) is 182 Å². The Balaban J connectivity index is 1.04. The molecule has 0 amide bonds. The van der Waals surface area contributed by atoms with E-state index < -0.39 is 5.92 Å². The Morgan fingerprint density at radius 2 is 1.28 bits per heavy atom. The minimum Gasteiger partial charge on any atom is -0.293 e. The highest BCUT2D eigenvalue weighted by molar-refractivity contribution is 6.03. The summed E-state index contributed by atoms with van der Waals surface area (Å²) in [4.78, 5) is 19.4. The number of hydrogen-bond donors (Lipinski definition) is 0. The first-order chi connectivity index (χ1) is 28.1. The summed E-state index contributed by atoms with van der Waals surface area (Å²) < 4.78 is 0. The van der Waals surface area contributed by atoms with Gasteiger partial charge >= 0.3 is 0 Å². The van der Waals surface area contributed by atoms with Gasteiger partial charge in [-0.2, -0.15) is 0 Å². The lowest BCUT2D eigenvalue weighted by atomic mass is 9.83. The van der Waals surface area contributed by atoms with Crippen molar-refractivity contribution in [2.45, 2.75) is 32.1 Å². The highest BCUT2D eigenvalue weighted by Gasteiger charge is 2.26. The van der Waals surface area contributed by atoms with E-state index in [1.165, 1.54) is 60.4 Å². The number of Topliss-reactive ketones (excluding diaryl/α,β-unsaturated/α-hetero) is 1. The summed E-state index contributed by atoms with van der Waals surface area (Å²) in [6.45, 7) is 2.28. The minimum absolute atomic E-state index is 0.105. The molecule has 272 valence electrons. The Kier molecular flexibility index (Phi) is 8.88. The van der Waals surface area contributed by atoms with Crippen molar-refractivity contribution in [3.63, 3.8) is 0 Å². The molecule has 0 fully saturated rings. The number of aromatic nitrogens is 1. The van der Waals surface area contributed by atoms with Crippen LogP contribution >= 0.6 is 0 Å². The van der Waals surface area contributed by atoms with Gasteiger partial charge in [0, 0.05) is 21.7 Å². The molecule has 1 aromatic heterocycles. The third-order valence-electron chi connectivity index (χ3n) is 11.9. The summed E-state index contributed by atoms with van der Waals surface area (Å²) in [5, 5.41) is 3.64. The Labute approximate surface area is 333 Å². The van der Waals surface area contributed by atoms with E-state index in [9.17, 15) is 4.79 Å². The number of carbonyl (C=O) groups excluding carboxylic acids is 1. The molecule has 1 heterocycles. The molecule has 2 aliphatic rings. The second kappa shape index (κ2) is 14.6. The maximum absolute atomic E-state index is 14.2. The topological polar surface area (TPSA) is 30.0 Å². The predicted molar refractivity (Wildman–Crippen MR) is 236 cm³/mol. The summed E-state index contributed by atoms with van der Waals surface area (Å²) in [5.74, 6) is -0.301. The molecule has 7 aromatic carbocycles. The Morgan fingerprint density at radius 3 is 2.11 bits per heavy atom. The number of rotatable bonds is 7. The zero-order chi connectivity index (χ0) is 38.3. The van der Waals surface area contributed by atoms with Gasteiger partial charge in [0.15, 0.2) is 5.78 Å². The molecule has 0 N–H and O–H groups in total. The summed E-state index contributed by atoms with van der Waals surface area (Å²) >= 11 is 0.